The van der Waals surface area contributed by atoms with Gasteiger partial charge in [0.15, 0.2) is 0 Å². The van der Waals surface area contributed by atoms with Crippen molar-refractivity contribution in [2.45, 2.75) is 52.4 Å². The summed E-state index contributed by atoms with van der Waals surface area (Å²) in [5, 5.41) is 0. The van der Waals surface area contributed by atoms with E-state index in [9.17, 15) is 14.4 Å². The minimum absolute atomic E-state index is 0.0648. The normalized spacial score (nSPS) is 25.1. The standard InChI is InChI=1S/C16H26N2O3/c1-3-9-17(10-4-2)14(19)11-18-15(20)12-7-5-6-8-13(12)16(18)21/h12-13H,3-11H2,1-2H3. The Bertz CT molecular complexity index is 392. The fourth-order valence-electron chi connectivity index (χ4n) is 3.52. The average molecular weight is 294 g/mol. The lowest BCUT2D eigenvalue weighted by Crippen LogP contribution is -2.43. The van der Waals surface area contributed by atoms with Gasteiger partial charge in [0, 0.05) is 13.1 Å². The molecule has 2 aliphatic rings. The zero-order valence-corrected chi connectivity index (χ0v) is 13.1. The maximum Gasteiger partial charge on any atom is 0.242 e. The minimum Gasteiger partial charge on any atom is -0.341 e. The molecule has 2 rings (SSSR count). The van der Waals surface area contributed by atoms with Crippen molar-refractivity contribution in [1.29, 1.82) is 0 Å². The number of hydrogen-bond acceptors (Lipinski definition) is 3. The van der Waals surface area contributed by atoms with Crippen LogP contribution >= 0.6 is 0 Å². The van der Waals surface area contributed by atoms with Crippen LogP contribution in [0.25, 0.3) is 0 Å². The highest BCUT2D eigenvalue weighted by Crippen LogP contribution is 2.37. The summed E-state index contributed by atoms with van der Waals surface area (Å²) >= 11 is 0. The molecule has 1 heterocycles. The van der Waals surface area contributed by atoms with Gasteiger partial charge in [-0.2, -0.15) is 0 Å². The van der Waals surface area contributed by atoms with Crippen LogP contribution in [-0.2, 0) is 14.4 Å². The lowest BCUT2D eigenvalue weighted by Gasteiger charge is -2.24. The van der Waals surface area contributed by atoms with E-state index in [4.69, 9.17) is 0 Å². The first kappa shape index (κ1) is 16.0. The van der Waals surface area contributed by atoms with Gasteiger partial charge in [0.2, 0.25) is 17.7 Å². The van der Waals surface area contributed by atoms with Crippen molar-refractivity contribution in [2.75, 3.05) is 19.6 Å². The molecule has 0 aromatic carbocycles. The van der Waals surface area contributed by atoms with E-state index in [1.54, 1.807) is 4.90 Å². The lowest BCUT2D eigenvalue weighted by atomic mass is 9.81. The fraction of sp³-hybridized carbons (Fsp3) is 0.812. The molecular weight excluding hydrogens is 268 g/mol. The highest BCUT2D eigenvalue weighted by Gasteiger charge is 2.48. The van der Waals surface area contributed by atoms with Crippen LogP contribution in [0.3, 0.4) is 0 Å². The van der Waals surface area contributed by atoms with Gasteiger partial charge in [-0.05, 0) is 25.7 Å². The molecule has 2 fully saturated rings. The highest BCUT2D eigenvalue weighted by atomic mass is 16.2. The van der Waals surface area contributed by atoms with E-state index in [2.05, 4.69) is 0 Å². The molecule has 1 saturated carbocycles. The van der Waals surface area contributed by atoms with Gasteiger partial charge in [0.1, 0.15) is 6.54 Å². The molecule has 1 saturated heterocycles. The Morgan fingerprint density at radius 2 is 1.52 bits per heavy atom. The molecule has 1 aliphatic carbocycles. The van der Waals surface area contributed by atoms with Gasteiger partial charge >= 0.3 is 0 Å². The van der Waals surface area contributed by atoms with Crippen molar-refractivity contribution in [3.8, 4) is 0 Å². The largest absolute Gasteiger partial charge is 0.341 e. The Hall–Kier alpha value is -1.39. The van der Waals surface area contributed by atoms with E-state index in [1.165, 1.54) is 4.90 Å². The van der Waals surface area contributed by atoms with Crippen LogP contribution in [0.1, 0.15) is 52.4 Å². The number of rotatable bonds is 6. The van der Waals surface area contributed by atoms with E-state index in [1.807, 2.05) is 13.8 Å². The monoisotopic (exact) mass is 294 g/mol. The molecule has 0 N–H and O–H groups in total. The molecular formula is C16H26N2O3. The number of carbonyl (C=O) groups excluding carboxylic acids is 3. The smallest absolute Gasteiger partial charge is 0.242 e. The van der Waals surface area contributed by atoms with Gasteiger partial charge in [-0.3, -0.25) is 19.3 Å². The second kappa shape index (κ2) is 7.05. The molecule has 118 valence electrons. The second-order valence-corrected chi connectivity index (χ2v) is 6.14. The number of nitrogens with zero attached hydrogens (tertiary/aromatic N) is 2. The molecule has 3 amide bonds. The van der Waals surface area contributed by atoms with Crippen LogP contribution in [0.15, 0.2) is 0 Å². The molecule has 2 unspecified atom stereocenters. The Morgan fingerprint density at radius 3 is 1.95 bits per heavy atom. The molecule has 0 radical (unpaired) electrons. The van der Waals surface area contributed by atoms with Crippen LogP contribution in [0.4, 0.5) is 0 Å². The maximum atomic E-state index is 12.4. The van der Waals surface area contributed by atoms with Crippen molar-refractivity contribution in [3.05, 3.63) is 0 Å². The number of amides is 3. The molecule has 2 atom stereocenters. The maximum absolute atomic E-state index is 12.4. The zero-order valence-electron chi connectivity index (χ0n) is 13.1. The first-order valence-electron chi connectivity index (χ1n) is 8.23. The molecule has 0 aromatic heterocycles. The molecule has 5 heteroatoms. The second-order valence-electron chi connectivity index (χ2n) is 6.14. The van der Waals surface area contributed by atoms with E-state index < -0.39 is 0 Å². The van der Waals surface area contributed by atoms with E-state index in [0.29, 0.717) is 13.1 Å². The van der Waals surface area contributed by atoms with Crippen LogP contribution in [-0.4, -0.2) is 47.2 Å². The molecule has 21 heavy (non-hydrogen) atoms. The van der Waals surface area contributed by atoms with Gasteiger partial charge in [-0.1, -0.05) is 26.7 Å². The summed E-state index contributed by atoms with van der Waals surface area (Å²) in [4.78, 5) is 40.1. The van der Waals surface area contributed by atoms with Crippen molar-refractivity contribution in [1.82, 2.24) is 9.80 Å². The van der Waals surface area contributed by atoms with Gasteiger partial charge in [0.25, 0.3) is 0 Å². The number of fused-ring (bicyclic) bond motifs is 1. The molecule has 0 aromatic rings. The predicted molar refractivity (Wildman–Crippen MR) is 79.3 cm³/mol. The SMILES string of the molecule is CCCN(CCC)C(=O)CN1C(=O)C2CCCCC2C1=O. The third kappa shape index (κ3) is 3.27. The summed E-state index contributed by atoms with van der Waals surface area (Å²) in [7, 11) is 0. The average Bonchev–Trinajstić information content (AvgIpc) is 2.72. The molecule has 0 spiro atoms. The van der Waals surface area contributed by atoms with E-state index >= 15 is 0 Å². The summed E-state index contributed by atoms with van der Waals surface area (Å²) in [5.74, 6) is -0.661. The van der Waals surface area contributed by atoms with Crippen molar-refractivity contribution >= 4 is 17.7 Å². The Kier molecular flexibility index (Phi) is 5.37. The highest BCUT2D eigenvalue weighted by molar-refractivity contribution is 6.07. The Morgan fingerprint density at radius 1 is 1.05 bits per heavy atom. The summed E-state index contributed by atoms with van der Waals surface area (Å²) < 4.78 is 0. The van der Waals surface area contributed by atoms with Crippen molar-refractivity contribution < 1.29 is 14.4 Å². The molecule has 5 nitrogen and oxygen atoms in total. The molecule has 0 bridgehead atoms. The summed E-state index contributed by atoms with van der Waals surface area (Å²) in [6.45, 7) is 5.36. The number of imide groups is 1. The summed E-state index contributed by atoms with van der Waals surface area (Å²) in [6.07, 6.45) is 5.40. The fourth-order valence-corrected chi connectivity index (χ4v) is 3.52. The van der Waals surface area contributed by atoms with Gasteiger partial charge in [-0.25, -0.2) is 0 Å². The third-order valence-electron chi connectivity index (χ3n) is 4.57. The van der Waals surface area contributed by atoms with Gasteiger partial charge in [-0.15, -0.1) is 0 Å². The van der Waals surface area contributed by atoms with E-state index in [-0.39, 0.29) is 36.1 Å². The topological polar surface area (TPSA) is 57.7 Å². The Balaban J connectivity index is 2.02. The van der Waals surface area contributed by atoms with Crippen LogP contribution in [0.5, 0.6) is 0 Å². The first-order chi connectivity index (χ1) is 10.1. The van der Waals surface area contributed by atoms with Gasteiger partial charge in [0.05, 0.1) is 11.8 Å². The van der Waals surface area contributed by atoms with Gasteiger partial charge < -0.3 is 4.90 Å². The minimum atomic E-state index is -0.162. The van der Waals surface area contributed by atoms with E-state index in [0.717, 1.165) is 38.5 Å². The first-order valence-corrected chi connectivity index (χ1v) is 8.23. The quantitative estimate of drug-likeness (QED) is 0.702. The molecule has 1 aliphatic heterocycles. The van der Waals surface area contributed by atoms with Crippen molar-refractivity contribution in [3.63, 3.8) is 0 Å². The number of hydrogen-bond donors (Lipinski definition) is 0. The number of carbonyl (C=O) groups is 3. The third-order valence-corrected chi connectivity index (χ3v) is 4.57. The van der Waals surface area contributed by atoms with Crippen molar-refractivity contribution in [2.24, 2.45) is 11.8 Å². The van der Waals surface area contributed by atoms with Crippen LogP contribution < -0.4 is 0 Å². The predicted octanol–water partition coefficient (Wildman–Crippen LogP) is 1.81. The lowest BCUT2D eigenvalue weighted by molar-refractivity contribution is -0.146. The number of likely N-dealkylation sites (tertiary alicyclic amines) is 1. The summed E-state index contributed by atoms with van der Waals surface area (Å²) in [6, 6.07) is 0. The Labute approximate surface area is 126 Å². The zero-order chi connectivity index (χ0) is 15.4. The van der Waals surface area contributed by atoms with Crippen LogP contribution in [0, 0.1) is 11.8 Å². The summed E-state index contributed by atoms with van der Waals surface area (Å²) in [5.41, 5.74) is 0. The van der Waals surface area contributed by atoms with Crippen LogP contribution in [0.2, 0.25) is 0 Å².